The van der Waals surface area contributed by atoms with Crippen LogP contribution in [0.2, 0.25) is 0 Å². The lowest BCUT2D eigenvalue weighted by molar-refractivity contribution is 0.483. The fraction of sp³-hybridized carbons (Fsp3) is 0. The van der Waals surface area contributed by atoms with Gasteiger partial charge in [0.15, 0.2) is 0 Å². The molecule has 5 nitrogen and oxygen atoms in total. The monoisotopic (exact) mass is 240 g/mol. The van der Waals surface area contributed by atoms with Crippen LogP contribution in [0.5, 0.6) is 11.5 Å². The van der Waals surface area contributed by atoms with Crippen LogP contribution in [0.4, 0.5) is 11.4 Å². The van der Waals surface area contributed by atoms with E-state index < -0.39 is 0 Å². The molecule has 0 fully saturated rings. The van der Waals surface area contributed by atoms with Gasteiger partial charge in [0.25, 0.3) is 0 Å². The summed E-state index contributed by atoms with van der Waals surface area (Å²) >= 11 is 0. The molecule has 88 valence electrons. The largest absolute Gasteiger partial charge is 0.457 e. The molecular formula is C13H8N2O3. The first-order valence-corrected chi connectivity index (χ1v) is 5.11. The second kappa shape index (κ2) is 5.52. The van der Waals surface area contributed by atoms with Crippen molar-refractivity contribution in [1.29, 1.82) is 0 Å². The number of nitrogens with zero attached hydrogens (tertiary/aromatic N) is 2. The molecule has 0 aromatic heterocycles. The topological polar surface area (TPSA) is 68.1 Å². The van der Waals surface area contributed by atoms with E-state index in [4.69, 9.17) is 4.74 Å². The zero-order valence-electron chi connectivity index (χ0n) is 9.24. The minimum Gasteiger partial charge on any atom is -0.457 e. The molecule has 0 spiro atoms. The molecular weight excluding hydrogens is 232 g/mol. The van der Waals surface area contributed by atoms with Gasteiger partial charge in [-0.25, -0.2) is 4.79 Å². The summed E-state index contributed by atoms with van der Waals surface area (Å²) in [5.41, 5.74) is 0.857. The van der Waals surface area contributed by atoms with E-state index in [1.54, 1.807) is 48.5 Å². The first kappa shape index (κ1) is 11.7. The summed E-state index contributed by atoms with van der Waals surface area (Å²) in [7, 11) is 0. The number of hydrogen-bond acceptors (Lipinski definition) is 5. The van der Waals surface area contributed by atoms with Gasteiger partial charge in [0.2, 0.25) is 6.08 Å². The lowest BCUT2D eigenvalue weighted by atomic mass is 10.3. The molecule has 0 radical (unpaired) electrons. The van der Waals surface area contributed by atoms with E-state index in [1.807, 2.05) is 0 Å². The molecule has 2 aromatic rings. The van der Waals surface area contributed by atoms with Gasteiger partial charge in [0.1, 0.15) is 17.2 Å². The third-order valence-electron chi connectivity index (χ3n) is 2.19. The maximum absolute atomic E-state index is 10.2. The average Bonchev–Trinajstić information content (AvgIpc) is 2.42. The highest BCUT2D eigenvalue weighted by Gasteiger charge is 1.98. The van der Waals surface area contributed by atoms with Gasteiger partial charge in [-0.15, -0.1) is 4.91 Å². The Bertz CT molecular complexity index is 585. The lowest BCUT2D eigenvalue weighted by Crippen LogP contribution is -1.82. The first-order chi connectivity index (χ1) is 8.81. The van der Waals surface area contributed by atoms with E-state index in [0.29, 0.717) is 22.9 Å². The number of ether oxygens (including phenoxy) is 1. The third kappa shape index (κ3) is 2.87. The number of benzene rings is 2. The average molecular weight is 240 g/mol. The molecule has 0 amide bonds. The summed E-state index contributed by atoms with van der Waals surface area (Å²) in [5.74, 6) is 1.20. The Hall–Kier alpha value is -2.78. The fourth-order valence-corrected chi connectivity index (χ4v) is 1.35. The van der Waals surface area contributed by atoms with E-state index in [2.05, 4.69) is 10.2 Å². The van der Waals surface area contributed by atoms with E-state index in [0.717, 1.165) is 0 Å². The first-order valence-electron chi connectivity index (χ1n) is 5.11. The predicted molar refractivity (Wildman–Crippen MR) is 66.2 cm³/mol. The number of nitroso groups, excluding NO2 is 1. The van der Waals surface area contributed by atoms with Crippen molar-refractivity contribution >= 4 is 17.5 Å². The summed E-state index contributed by atoms with van der Waals surface area (Å²) in [4.78, 5) is 23.8. The standard InChI is InChI=1S/C13H8N2O3/c16-9-14-10-1-5-12(6-2-10)18-13-7-3-11(15-17)4-8-13/h1-8H. The maximum Gasteiger partial charge on any atom is 0.240 e. The molecule has 0 bridgehead atoms. The van der Waals surface area contributed by atoms with Crippen LogP contribution in [-0.4, -0.2) is 6.08 Å². The number of hydrogen-bond donors (Lipinski definition) is 0. The molecule has 0 atom stereocenters. The molecule has 0 aliphatic rings. The van der Waals surface area contributed by atoms with Crippen LogP contribution in [0.3, 0.4) is 0 Å². The Kier molecular flexibility index (Phi) is 3.59. The van der Waals surface area contributed by atoms with Gasteiger partial charge < -0.3 is 4.74 Å². The fourth-order valence-electron chi connectivity index (χ4n) is 1.35. The van der Waals surface area contributed by atoms with E-state index >= 15 is 0 Å². The second-order valence-corrected chi connectivity index (χ2v) is 3.38. The van der Waals surface area contributed by atoms with Crippen molar-refractivity contribution in [3.63, 3.8) is 0 Å². The Labute approximate surface area is 103 Å². The number of isocyanates is 1. The van der Waals surface area contributed by atoms with Crippen LogP contribution < -0.4 is 4.74 Å². The van der Waals surface area contributed by atoms with Gasteiger partial charge in [0.05, 0.1) is 5.69 Å². The summed E-state index contributed by atoms with van der Waals surface area (Å²) in [5, 5.41) is 2.80. The third-order valence-corrected chi connectivity index (χ3v) is 2.19. The smallest absolute Gasteiger partial charge is 0.240 e. The Morgan fingerprint density at radius 3 is 1.78 bits per heavy atom. The Balaban J connectivity index is 2.12. The van der Waals surface area contributed by atoms with Gasteiger partial charge in [-0.2, -0.15) is 4.99 Å². The van der Waals surface area contributed by atoms with Crippen molar-refractivity contribution in [1.82, 2.24) is 0 Å². The molecule has 2 aromatic carbocycles. The van der Waals surface area contributed by atoms with Gasteiger partial charge >= 0.3 is 0 Å². The highest BCUT2D eigenvalue weighted by molar-refractivity contribution is 5.50. The predicted octanol–water partition coefficient (Wildman–Crippen LogP) is 3.84. The van der Waals surface area contributed by atoms with E-state index in [-0.39, 0.29) is 0 Å². The van der Waals surface area contributed by atoms with Gasteiger partial charge in [-0.1, -0.05) is 0 Å². The van der Waals surface area contributed by atoms with Crippen LogP contribution in [0.15, 0.2) is 58.7 Å². The Morgan fingerprint density at radius 2 is 1.33 bits per heavy atom. The molecule has 0 aliphatic carbocycles. The number of rotatable bonds is 4. The van der Waals surface area contributed by atoms with Crippen molar-refractivity contribution in [2.45, 2.75) is 0 Å². The van der Waals surface area contributed by atoms with Crippen molar-refractivity contribution < 1.29 is 9.53 Å². The SMILES string of the molecule is O=C=Nc1ccc(Oc2ccc(N=O)cc2)cc1. The van der Waals surface area contributed by atoms with Crippen LogP contribution >= 0.6 is 0 Å². The highest BCUT2D eigenvalue weighted by Crippen LogP contribution is 2.25. The number of aliphatic imine (C=N–C) groups is 1. The van der Waals surface area contributed by atoms with Crippen molar-refractivity contribution in [2.24, 2.45) is 10.2 Å². The Morgan fingerprint density at radius 1 is 0.833 bits per heavy atom. The van der Waals surface area contributed by atoms with Crippen molar-refractivity contribution in [2.75, 3.05) is 0 Å². The summed E-state index contributed by atoms with van der Waals surface area (Å²) in [6, 6.07) is 13.1. The maximum atomic E-state index is 10.2. The molecule has 0 N–H and O–H groups in total. The number of carbonyl (C=O) groups excluding carboxylic acids is 1. The van der Waals surface area contributed by atoms with Crippen LogP contribution in [0, 0.1) is 4.91 Å². The molecule has 5 heteroatoms. The van der Waals surface area contributed by atoms with E-state index in [1.165, 1.54) is 6.08 Å². The molecule has 0 heterocycles. The van der Waals surface area contributed by atoms with E-state index in [9.17, 15) is 9.70 Å². The summed E-state index contributed by atoms with van der Waals surface area (Å²) in [6.07, 6.45) is 1.46. The van der Waals surface area contributed by atoms with Crippen molar-refractivity contribution in [3.05, 3.63) is 53.4 Å². The van der Waals surface area contributed by atoms with Gasteiger partial charge in [0, 0.05) is 0 Å². The summed E-state index contributed by atoms with van der Waals surface area (Å²) < 4.78 is 5.53. The van der Waals surface area contributed by atoms with Crippen LogP contribution in [0.25, 0.3) is 0 Å². The molecule has 0 unspecified atom stereocenters. The molecule has 0 saturated carbocycles. The molecule has 18 heavy (non-hydrogen) atoms. The lowest BCUT2D eigenvalue weighted by Gasteiger charge is -2.05. The summed E-state index contributed by atoms with van der Waals surface area (Å²) in [6.45, 7) is 0. The zero-order chi connectivity index (χ0) is 12.8. The molecule has 0 saturated heterocycles. The minimum absolute atomic E-state index is 0.345. The minimum atomic E-state index is 0.345. The zero-order valence-corrected chi connectivity index (χ0v) is 9.24. The molecule has 2 rings (SSSR count). The van der Waals surface area contributed by atoms with Crippen molar-refractivity contribution in [3.8, 4) is 11.5 Å². The highest BCUT2D eigenvalue weighted by atomic mass is 16.5. The normalized spacial score (nSPS) is 9.33. The van der Waals surface area contributed by atoms with Gasteiger partial charge in [-0.3, -0.25) is 0 Å². The van der Waals surface area contributed by atoms with Crippen LogP contribution in [0.1, 0.15) is 0 Å². The van der Waals surface area contributed by atoms with Crippen LogP contribution in [-0.2, 0) is 4.79 Å². The van der Waals surface area contributed by atoms with Gasteiger partial charge in [-0.05, 0) is 53.7 Å². The molecule has 0 aliphatic heterocycles. The second-order valence-electron chi connectivity index (χ2n) is 3.38. The quantitative estimate of drug-likeness (QED) is 0.463.